The van der Waals surface area contributed by atoms with Crippen molar-refractivity contribution in [2.75, 3.05) is 38.6 Å². The molecule has 0 saturated carbocycles. The molecule has 2 fully saturated rings. The first-order chi connectivity index (χ1) is 14.3. The Morgan fingerprint density at radius 2 is 2.00 bits per heavy atom. The third-order valence-corrected chi connectivity index (χ3v) is 5.67. The van der Waals surface area contributed by atoms with E-state index in [2.05, 4.69) is 26.3 Å². The average Bonchev–Trinajstić information content (AvgIpc) is 2.80. The van der Waals surface area contributed by atoms with Crippen LogP contribution in [0.15, 0.2) is 30.7 Å². The fraction of sp³-hybridized carbons (Fsp3) is 0.429. The lowest BCUT2D eigenvalue weighted by Crippen LogP contribution is -2.34. The second-order valence-corrected chi connectivity index (χ2v) is 7.44. The number of nitrogens with zero attached hydrogens (tertiary/aromatic N) is 4. The number of anilines is 1. The van der Waals surface area contributed by atoms with Crippen LogP contribution in [-0.4, -0.2) is 52.8 Å². The number of nitrogens with two attached hydrogens (primary N) is 1. The maximum Gasteiger partial charge on any atom is 0.165 e. The summed E-state index contributed by atoms with van der Waals surface area (Å²) in [6.07, 6.45) is 5.07. The van der Waals surface area contributed by atoms with Crippen molar-refractivity contribution in [3.8, 4) is 11.3 Å². The molecule has 2 saturated heterocycles. The minimum Gasteiger partial charge on any atom is -0.383 e. The van der Waals surface area contributed by atoms with Crippen molar-refractivity contribution in [3.63, 3.8) is 0 Å². The molecule has 3 N–H and O–H groups in total. The van der Waals surface area contributed by atoms with Crippen molar-refractivity contribution in [2.24, 2.45) is 0 Å². The monoisotopic (exact) mass is 392 g/mol. The summed E-state index contributed by atoms with van der Waals surface area (Å²) in [5.41, 5.74) is 10.7. The van der Waals surface area contributed by atoms with Crippen molar-refractivity contribution < 1.29 is 9.47 Å². The zero-order valence-corrected chi connectivity index (χ0v) is 16.2. The topological polar surface area (TPSA) is 108 Å². The Balaban J connectivity index is 1.67. The highest BCUT2D eigenvalue weighted by molar-refractivity contribution is 5.91. The molecular formula is C21H24N6O2. The van der Waals surface area contributed by atoms with Gasteiger partial charge in [0.2, 0.25) is 0 Å². The Bertz CT molecular complexity index is 1020. The molecule has 150 valence electrons. The third-order valence-electron chi connectivity index (χ3n) is 5.67. The summed E-state index contributed by atoms with van der Waals surface area (Å²) in [4.78, 5) is 18.1. The summed E-state index contributed by atoms with van der Waals surface area (Å²) >= 11 is 0. The molecule has 2 aliphatic rings. The van der Waals surface area contributed by atoms with Crippen LogP contribution in [-0.2, 0) is 9.47 Å². The molecule has 0 amide bonds. The molecule has 8 nitrogen and oxygen atoms in total. The van der Waals surface area contributed by atoms with E-state index < -0.39 is 0 Å². The summed E-state index contributed by atoms with van der Waals surface area (Å²) in [5.74, 6) is 0.816. The lowest BCUT2D eigenvalue weighted by molar-refractivity contribution is 0.0254. The summed E-state index contributed by atoms with van der Waals surface area (Å²) in [6.45, 7) is 3.76. The lowest BCUT2D eigenvalue weighted by atomic mass is 9.88. The van der Waals surface area contributed by atoms with Gasteiger partial charge in [-0.15, -0.1) is 0 Å². The molecule has 2 aliphatic heterocycles. The Morgan fingerprint density at radius 3 is 2.83 bits per heavy atom. The Hall–Kier alpha value is -2.68. The molecule has 8 heteroatoms. The summed E-state index contributed by atoms with van der Waals surface area (Å²) in [5, 5.41) is 4.23. The molecule has 0 bridgehead atoms. The van der Waals surface area contributed by atoms with Crippen molar-refractivity contribution in [1.29, 1.82) is 0 Å². The second kappa shape index (κ2) is 7.98. The number of pyridine rings is 2. The first-order valence-electron chi connectivity index (χ1n) is 10.1. The number of hydrogen-bond acceptors (Lipinski definition) is 8. The van der Waals surface area contributed by atoms with Gasteiger partial charge >= 0.3 is 0 Å². The lowest BCUT2D eigenvalue weighted by Gasteiger charge is -2.26. The molecule has 3 aromatic heterocycles. The number of nitrogen functional groups attached to an aromatic ring is 1. The predicted molar refractivity (Wildman–Crippen MR) is 109 cm³/mol. The fourth-order valence-corrected chi connectivity index (χ4v) is 4.22. The Labute approximate surface area is 168 Å². The predicted octanol–water partition coefficient (Wildman–Crippen LogP) is 2.22. The van der Waals surface area contributed by atoms with Gasteiger partial charge in [0.05, 0.1) is 23.4 Å². The van der Waals surface area contributed by atoms with Crippen LogP contribution < -0.4 is 11.1 Å². The summed E-state index contributed by atoms with van der Waals surface area (Å²) in [7, 11) is 0. The van der Waals surface area contributed by atoms with Crippen LogP contribution in [0.5, 0.6) is 0 Å². The molecular weight excluding hydrogens is 368 g/mol. The zero-order valence-electron chi connectivity index (χ0n) is 16.2. The summed E-state index contributed by atoms with van der Waals surface area (Å²) in [6, 6.07) is 6.12. The highest BCUT2D eigenvalue weighted by Gasteiger charge is 2.25. The van der Waals surface area contributed by atoms with Crippen molar-refractivity contribution in [3.05, 3.63) is 42.0 Å². The number of ether oxygens (including phenoxy) is 2. The van der Waals surface area contributed by atoms with Gasteiger partial charge in [0.15, 0.2) is 5.65 Å². The van der Waals surface area contributed by atoms with Gasteiger partial charge in [0.25, 0.3) is 0 Å². The second-order valence-electron chi connectivity index (χ2n) is 7.44. The van der Waals surface area contributed by atoms with E-state index in [1.54, 1.807) is 6.20 Å². The smallest absolute Gasteiger partial charge is 0.165 e. The van der Waals surface area contributed by atoms with Crippen LogP contribution in [0.3, 0.4) is 0 Å². The van der Waals surface area contributed by atoms with Crippen molar-refractivity contribution >= 4 is 16.9 Å². The van der Waals surface area contributed by atoms with Gasteiger partial charge in [-0.2, -0.15) is 0 Å². The number of nitrogens with one attached hydrogen (secondary N) is 1. The fourth-order valence-electron chi connectivity index (χ4n) is 4.22. The minimum absolute atomic E-state index is 0.0977. The number of rotatable bonds is 3. The Morgan fingerprint density at radius 1 is 1.10 bits per heavy atom. The first kappa shape index (κ1) is 18.4. The summed E-state index contributed by atoms with van der Waals surface area (Å²) < 4.78 is 11.5. The van der Waals surface area contributed by atoms with E-state index in [0.29, 0.717) is 24.0 Å². The number of morpholine rings is 1. The quantitative estimate of drug-likeness (QED) is 0.699. The van der Waals surface area contributed by atoms with E-state index in [4.69, 9.17) is 20.2 Å². The molecule has 29 heavy (non-hydrogen) atoms. The van der Waals surface area contributed by atoms with Crippen LogP contribution in [0.2, 0.25) is 0 Å². The maximum atomic E-state index is 6.24. The highest BCUT2D eigenvalue weighted by Crippen LogP contribution is 2.37. The van der Waals surface area contributed by atoms with Crippen LogP contribution >= 0.6 is 0 Å². The maximum absolute atomic E-state index is 6.24. The molecule has 3 aromatic rings. The molecule has 0 aliphatic carbocycles. The van der Waals surface area contributed by atoms with Crippen LogP contribution in [0, 0.1) is 0 Å². The SMILES string of the molecule is Nc1ncnc2nc(-c3cccnc3C3CNCCO3)cc(C3CCOCC3)c12. The van der Waals surface area contributed by atoms with E-state index in [9.17, 15) is 0 Å². The molecule has 1 atom stereocenters. The average molecular weight is 392 g/mol. The van der Waals surface area contributed by atoms with Gasteiger partial charge in [-0.3, -0.25) is 4.98 Å². The molecule has 0 radical (unpaired) electrons. The van der Waals surface area contributed by atoms with Crippen LogP contribution in [0.25, 0.3) is 22.3 Å². The molecule has 0 aromatic carbocycles. The normalized spacial score (nSPS) is 20.8. The number of aromatic nitrogens is 4. The van der Waals surface area contributed by atoms with Crippen molar-refractivity contribution in [1.82, 2.24) is 25.3 Å². The van der Waals surface area contributed by atoms with Gasteiger partial charge < -0.3 is 20.5 Å². The number of hydrogen-bond donors (Lipinski definition) is 2. The van der Waals surface area contributed by atoms with Gasteiger partial charge in [0.1, 0.15) is 18.2 Å². The molecule has 5 heterocycles. The third kappa shape index (κ3) is 3.55. The molecule has 5 rings (SSSR count). The van der Waals surface area contributed by atoms with Gasteiger partial charge in [-0.1, -0.05) is 0 Å². The van der Waals surface area contributed by atoms with Gasteiger partial charge in [-0.05, 0) is 42.5 Å². The first-order valence-corrected chi connectivity index (χ1v) is 10.1. The highest BCUT2D eigenvalue weighted by atomic mass is 16.5. The largest absolute Gasteiger partial charge is 0.383 e. The van der Waals surface area contributed by atoms with E-state index in [1.165, 1.54) is 6.33 Å². The minimum atomic E-state index is -0.0977. The van der Waals surface area contributed by atoms with Crippen molar-refractivity contribution in [2.45, 2.75) is 24.9 Å². The van der Waals surface area contributed by atoms with E-state index in [0.717, 1.165) is 67.0 Å². The van der Waals surface area contributed by atoms with Gasteiger partial charge in [0, 0.05) is 38.1 Å². The zero-order chi connectivity index (χ0) is 19.6. The van der Waals surface area contributed by atoms with Gasteiger partial charge in [-0.25, -0.2) is 15.0 Å². The van der Waals surface area contributed by atoms with E-state index in [1.807, 2.05) is 12.1 Å². The molecule has 1 unspecified atom stereocenters. The standard InChI is InChI=1S/C21H24N6O2/c22-20-18-15(13-3-7-28-8-4-13)10-16(27-21(18)26-12-25-20)14-2-1-5-24-19(14)17-11-23-6-9-29-17/h1-2,5,10,12-13,17,23H,3-4,6-9,11H2,(H2,22,25,26,27). The van der Waals surface area contributed by atoms with E-state index in [-0.39, 0.29) is 6.10 Å². The van der Waals surface area contributed by atoms with Crippen LogP contribution in [0.1, 0.15) is 36.1 Å². The van der Waals surface area contributed by atoms with Crippen LogP contribution in [0.4, 0.5) is 5.82 Å². The number of fused-ring (bicyclic) bond motifs is 1. The molecule has 0 spiro atoms. The Kier molecular flexibility index (Phi) is 5.05. The van der Waals surface area contributed by atoms with E-state index >= 15 is 0 Å².